The second-order valence-corrected chi connectivity index (χ2v) is 5.01. The fourth-order valence-electron chi connectivity index (χ4n) is 1.54. The van der Waals surface area contributed by atoms with Crippen LogP contribution in [0.5, 0.6) is 0 Å². The SMILES string of the molecule is Cc1nc(Nc2ccc(I)cc2)ccc1C(=O)O. The highest BCUT2D eigenvalue weighted by molar-refractivity contribution is 14.1. The fourth-order valence-corrected chi connectivity index (χ4v) is 1.90. The number of halogens is 1. The molecule has 18 heavy (non-hydrogen) atoms. The zero-order valence-corrected chi connectivity index (χ0v) is 11.8. The number of benzene rings is 1. The highest BCUT2D eigenvalue weighted by Crippen LogP contribution is 2.17. The number of rotatable bonds is 3. The summed E-state index contributed by atoms with van der Waals surface area (Å²) >= 11 is 2.24. The van der Waals surface area contributed by atoms with E-state index in [2.05, 4.69) is 32.9 Å². The number of anilines is 2. The molecule has 0 radical (unpaired) electrons. The van der Waals surface area contributed by atoms with Crippen LogP contribution in [0, 0.1) is 10.5 Å². The smallest absolute Gasteiger partial charge is 0.337 e. The second-order valence-electron chi connectivity index (χ2n) is 3.77. The highest BCUT2D eigenvalue weighted by atomic mass is 127. The van der Waals surface area contributed by atoms with E-state index in [9.17, 15) is 4.79 Å². The molecule has 2 N–H and O–H groups in total. The third kappa shape index (κ3) is 2.98. The fraction of sp³-hybridized carbons (Fsp3) is 0.0769. The van der Waals surface area contributed by atoms with Crippen LogP contribution >= 0.6 is 22.6 Å². The molecule has 92 valence electrons. The Balaban J connectivity index is 2.22. The van der Waals surface area contributed by atoms with Gasteiger partial charge in [-0.15, -0.1) is 0 Å². The van der Waals surface area contributed by atoms with Crippen molar-refractivity contribution in [2.24, 2.45) is 0 Å². The minimum absolute atomic E-state index is 0.225. The van der Waals surface area contributed by atoms with Gasteiger partial charge in [-0.25, -0.2) is 9.78 Å². The molecule has 0 saturated heterocycles. The van der Waals surface area contributed by atoms with Gasteiger partial charge in [0.2, 0.25) is 0 Å². The first-order valence-electron chi connectivity index (χ1n) is 5.30. The summed E-state index contributed by atoms with van der Waals surface area (Å²) < 4.78 is 1.16. The van der Waals surface area contributed by atoms with E-state index in [1.165, 1.54) is 0 Å². The standard InChI is InChI=1S/C13H11IN2O2/c1-8-11(13(17)18)6-7-12(15-8)16-10-4-2-9(14)3-5-10/h2-7H,1H3,(H,15,16)(H,17,18). The summed E-state index contributed by atoms with van der Waals surface area (Å²) in [6, 6.07) is 11.1. The van der Waals surface area contributed by atoms with Crippen molar-refractivity contribution in [2.75, 3.05) is 5.32 Å². The average Bonchev–Trinajstić information content (AvgIpc) is 2.32. The molecule has 0 atom stereocenters. The Bertz CT molecular complexity index is 582. The number of carboxylic acid groups (broad SMARTS) is 1. The van der Waals surface area contributed by atoms with Gasteiger partial charge < -0.3 is 10.4 Å². The van der Waals surface area contributed by atoms with E-state index in [0.717, 1.165) is 9.26 Å². The first kappa shape index (κ1) is 12.8. The van der Waals surface area contributed by atoms with Crippen molar-refractivity contribution >= 4 is 40.1 Å². The van der Waals surface area contributed by atoms with Crippen LogP contribution in [0.15, 0.2) is 36.4 Å². The number of aryl methyl sites for hydroxylation is 1. The van der Waals surface area contributed by atoms with E-state index < -0.39 is 5.97 Å². The van der Waals surface area contributed by atoms with Crippen LogP contribution in [-0.4, -0.2) is 16.1 Å². The molecule has 0 bridgehead atoms. The summed E-state index contributed by atoms with van der Waals surface area (Å²) in [6.45, 7) is 1.68. The number of nitrogens with zero attached hydrogens (tertiary/aromatic N) is 1. The molecule has 2 aromatic rings. The van der Waals surface area contributed by atoms with Crippen LogP contribution in [-0.2, 0) is 0 Å². The zero-order valence-electron chi connectivity index (χ0n) is 9.64. The monoisotopic (exact) mass is 354 g/mol. The van der Waals surface area contributed by atoms with Gasteiger partial charge in [-0.2, -0.15) is 0 Å². The molecule has 0 aliphatic rings. The first-order chi connectivity index (χ1) is 8.56. The number of aromatic nitrogens is 1. The van der Waals surface area contributed by atoms with Crippen LogP contribution < -0.4 is 5.32 Å². The van der Waals surface area contributed by atoms with Crippen molar-refractivity contribution in [3.8, 4) is 0 Å². The summed E-state index contributed by atoms with van der Waals surface area (Å²) in [5.74, 6) is -0.320. The summed E-state index contributed by atoms with van der Waals surface area (Å²) in [5.41, 5.74) is 1.64. The lowest BCUT2D eigenvalue weighted by molar-refractivity contribution is 0.0695. The molecule has 0 amide bonds. The van der Waals surface area contributed by atoms with Crippen LogP contribution in [0.4, 0.5) is 11.5 Å². The van der Waals surface area contributed by atoms with Crippen LogP contribution in [0.1, 0.15) is 16.1 Å². The van der Waals surface area contributed by atoms with Crippen molar-refractivity contribution in [1.29, 1.82) is 0 Å². The van der Waals surface area contributed by atoms with Gasteiger partial charge in [-0.3, -0.25) is 0 Å². The van der Waals surface area contributed by atoms with Gasteiger partial charge in [-0.05, 0) is 65.9 Å². The van der Waals surface area contributed by atoms with Gasteiger partial charge in [0.15, 0.2) is 0 Å². The molecule has 1 aromatic carbocycles. The molecule has 4 nitrogen and oxygen atoms in total. The number of aromatic carboxylic acids is 1. The molecule has 0 aliphatic heterocycles. The van der Waals surface area contributed by atoms with Crippen LogP contribution in [0.3, 0.4) is 0 Å². The van der Waals surface area contributed by atoms with Gasteiger partial charge >= 0.3 is 5.97 Å². The number of hydrogen-bond donors (Lipinski definition) is 2. The topological polar surface area (TPSA) is 62.2 Å². The molecule has 2 rings (SSSR count). The van der Waals surface area contributed by atoms with Crippen molar-refractivity contribution in [2.45, 2.75) is 6.92 Å². The zero-order chi connectivity index (χ0) is 13.1. The quantitative estimate of drug-likeness (QED) is 0.829. The van der Waals surface area contributed by atoms with E-state index in [1.54, 1.807) is 19.1 Å². The predicted octanol–water partition coefficient (Wildman–Crippen LogP) is 3.44. The van der Waals surface area contributed by atoms with E-state index in [0.29, 0.717) is 11.5 Å². The maximum absolute atomic E-state index is 10.9. The Kier molecular flexibility index (Phi) is 3.81. The number of hydrogen-bond acceptors (Lipinski definition) is 3. The van der Waals surface area contributed by atoms with Gasteiger partial charge in [0.1, 0.15) is 5.82 Å². The van der Waals surface area contributed by atoms with Crippen molar-refractivity contribution in [3.63, 3.8) is 0 Å². The number of carbonyl (C=O) groups is 1. The molecular formula is C13H11IN2O2. The minimum Gasteiger partial charge on any atom is -0.478 e. The predicted molar refractivity (Wildman–Crippen MR) is 78.4 cm³/mol. The third-order valence-electron chi connectivity index (χ3n) is 2.43. The van der Waals surface area contributed by atoms with Crippen molar-refractivity contribution in [1.82, 2.24) is 4.98 Å². The van der Waals surface area contributed by atoms with Gasteiger partial charge in [0.05, 0.1) is 11.3 Å². The number of pyridine rings is 1. The summed E-state index contributed by atoms with van der Waals surface area (Å²) in [6.07, 6.45) is 0. The Morgan fingerprint density at radius 2 is 1.89 bits per heavy atom. The largest absolute Gasteiger partial charge is 0.478 e. The number of carboxylic acids is 1. The molecule has 0 saturated carbocycles. The van der Waals surface area contributed by atoms with Gasteiger partial charge in [-0.1, -0.05) is 0 Å². The lowest BCUT2D eigenvalue weighted by Crippen LogP contribution is -2.03. The first-order valence-corrected chi connectivity index (χ1v) is 6.37. The third-order valence-corrected chi connectivity index (χ3v) is 3.15. The number of nitrogens with one attached hydrogen (secondary N) is 1. The average molecular weight is 354 g/mol. The van der Waals surface area contributed by atoms with Gasteiger partial charge in [0, 0.05) is 9.26 Å². The lowest BCUT2D eigenvalue weighted by atomic mass is 10.2. The van der Waals surface area contributed by atoms with E-state index >= 15 is 0 Å². The highest BCUT2D eigenvalue weighted by Gasteiger charge is 2.08. The molecule has 0 aliphatic carbocycles. The molecule has 0 unspecified atom stereocenters. The maximum Gasteiger partial charge on any atom is 0.337 e. The summed E-state index contributed by atoms with van der Waals surface area (Å²) in [5, 5.41) is 12.0. The van der Waals surface area contributed by atoms with E-state index in [-0.39, 0.29) is 5.56 Å². The molecule has 0 spiro atoms. The maximum atomic E-state index is 10.9. The Morgan fingerprint density at radius 1 is 1.22 bits per heavy atom. The van der Waals surface area contributed by atoms with Crippen molar-refractivity contribution in [3.05, 3.63) is 51.2 Å². The van der Waals surface area contributed by atoms with Crippen LogP contribution in [0.2, 0.25) is 0 Å². The molecule has 1 heterocycles. The van der Waals surface area contributed by atoms with Crippen LogP contribution in [0.25, 0.3) is 0 Å². The summed E-state index contributed by atoms with van der Waals surface area (Å²) in [7, 11) is 0. The van der Waals surface area contributed by atoms with E-state index in [4.69, 9.17) is 5.11 Å². The Morgan fingerprint density at radius 3 is 2.44 bits per heavy atom. The normalized spacial score (nSPS) is 10.1. The van der Waals surface area contributed by atoms with Crippen molar-refractivity contribution < 1.29 is 9.90 Å². The summed E-state index contributed by atoms with van der Waals surface area (Å²) in [4.78, 5) is 15.1. The molecule has 5 heteroatoms. The second kappa shape index (κ2) is 5.34. The molecule has 1 aromatic heterocycles. The molecule has 0 fully saturated rings. The lowest BCUT2D eigenvalue weighted by Gasteiger charge is -2.07. The van der Waals surface area contributed by atoms with Gasteiger partial charge in [0.25, 0.3) is 0 Å². The van der Waals surface area contributed by atoms with E-state index in [1.807, 2.05) is 24.3 Å². The molecular weight excluding hydrogens is 343 g/mol. The minimum atomic E-state index is -0.958. The Labute approximate surface area is 118 Å². The Hall–Kier alpha value is -1.63.